The number of rotatable bonds is 2. The lowest BCUT2D eigenvalue weighted by Gasteiger charge is -2.21. The number of fused-ring (bicyclic) bond motifs is 1. The molecule has 3 rings (SSSR count). The van der Waals surface area contributed by atoms with E-state index >= 15 is 0 Å². The summed E-state index contributed by atoms with van der Waals surface area (Å²) < 4.78 is 14.0. The zero-order valence-electron chi connectivity index (χ0n) is 11.7. The highest BCUT2D eigenvalue weighted by Crippen LogP contribution is 2.28. The summed E-state index contributed by atoms with van der Waals surface area (Å²) in [4.78, 5) is 14.7. The van der Waals surface area contributed by atoms with Gasteiger partial charge in [-0.25, -0.2) is 4.39 Å². The van der Waals surface area contributed by atoms with Crippen LogP contribution in [0.2, 0.25) is 0 Å². The fourth-order valence-corrected chi connectivity index (χ4v) is 3.46. The summed E-state index contributed by atoms with van der Waals surface area (Å²) in [7, 11) is 0. The molecule has 0 saturated carbocycles. The lowest BCUT2D eigenvalue weighted by molar-refractivity contribution is 0.0925. The maximum atomic E-state index is 14.0. The van der Waals surface area contributed by atoms with Crippen LogP contribution in [0, 0.1) is 12.7 Å². The molecule has 0 aliphatic carbocycles. The van der Waals surface area contributed by atoms with Crippen LogP contribution in [0.25, 0.3) is 0 Å². The Morgan fingerprint density at radius 1 is 1.40 bits per heavy atom. The summed E-state index contributed by atoms with van der Waals surface area (Å²) in [6.45, 7) is 3.76. The third kappa shape index (κ3) is 2.26. The van der Waals surface area contributed by atoms with Gasteiger partial charge >= 0.3 is 0 Å². The van der Waals surface area contributed by atoms with Gasteiger partial charge in [-0.3, -0.25) is 9.69 Å². The molecule has 0 spiro atoms. The van der Waals surface area contributed by atoms with Crippen LogP contribution in [0.3, 0.4) is 0 Å². The first-order valence-electron chi connectivity index (χ1n) is 7.17. The molecule has 2 saturated heterocycles. The molecule has 2 aliphatic heterocycles. The number of hydrogen-bond donors (Lipinski definition) is 2. The normalized spacial score (nSPS) is 25.7. The van der Waals surface area contributed by atoms with Crippen molar-refractivity contribution in [3.63, 3.8) is 0 Å². The molecule has 3 N–H and O–H groups in total. The predicted octanol–water partition coefficient (Wildman–Crippen LogP) is 1.68. The first-order valence-corrected chi connectivity index (χ1v) is 7.17. The van der Waals surface area contributed by atoms with Crippen molar-refractivity contribution in [3.8, 4) is 0 Å². The SMILES string of the molecule is Cc1cc(N)cc(C(=O)NC2CCN3CCCC23)c1F. The largest absolute Gasteiger partial charge is 0.399 e. The minimum absolute atomic E-state index is 0.0546. The molecule has 20 heavy (non-hydrogen) atoms. The van der Waals surface area contributed by atoms with Crippen LogP contribution in [-0.4, -0.2) is 36.0 Å². The molecule has 2 heterocycles. The number of nitrogens with two attached hydrogens (primary N) is 1. The highest BCUT2D eigenvalue weighted by atomic mass is 19.1. The standard InChI is InChI=1S/C15H20FN3O/c1-9-7-10(17)8-11(14(9)16)15(20)18-12-4-6-19-5-2-3-13(12)19/h7-8,12-13H,2-6,17H2,1H3,(H,18,20). The Balaban J connectivity index is 1.77. The van der Waals surface area contributed by atoms with Gasteiger partial charge in [0.15, 0.2) is 0 Å². The van der Waals surface area contributed by atoms with Crippen molar-refractivity contribution < 1.29 is 9.18 Å². The van der Waals surface area contributed by atoms with E-state index in [9.17, 15) is 9.18 Å². The monoisotopic (exact) mass is 277 g/mol. The van der Waals surface area contributed by atoms with Gasteiger partial charge in [0.25, 0.3) is 5.91 Å². The van der Waals surface area contributed by atoms with Crippen LogP contribution < -0.4 is 11.1 Å². The van der Waals surface area contributed by atoms with Crippen LogP contribution in [0.4, 0.5) is 10.1 Å². The van der Waals surface area contributed by atoms with Gasteiger partial charge in [-0.2, -0.15) is 0 Å². The first-order chi connectivity index (χ1) is 9.56. The Kier molecular flexibility index (Phi) is 3.38. The quantitative estimate of drug-likeness (QED) is 0.809. The van der Waals surface area contributed by atoms with Gasteiger partial charge in [0.2, 0.25) is 0 Å². The van der Waals surface area contributed by atoms with Gasteiger partial charge in [0.1, 0.15) is 5.82 Å². The smallest absolute Gasteiger partial charge is 0.254 e. The highest BCUT2D eigenvalue weighted by Gasteiger charge is 2.38. The van der Waals surface area contributed by atoms with E-state index in [1.807, 2.05) is 0 Å². The molecule has 0 aromatic heterocycles. The number of halogens is 1. The summed E-state index contributed by atoms with van der Waals surface area (Å²) >= 11 is 0. The number of benzene rings is 1. The summed E-state index contributed by atoms with van der Waals surface area (Å²) in [6.07, 6.45) is 3.24. The Hall–Kier alpha value is -1.62. The van der Waals surface area contributed by atoms with E-state index in [-0.39, 0.29) is 17.5 Å². The van der Waals surface area contributed by atoms with E-state index in [4.69, 9.17) is 5.73 Å². The summed E-state index contributed by atoms with van der Waals surface area (Å²) in [5.41, 5.74) is 6.59. The van der Waals surface area contributed by atoms with E-state index in [0.29, 0.717) is 17.3 Å². The fourth-order valence-electron chi connectivity index (χ4n) is 3.46. The van der Waals surface area contributed by atoms with Crippen LogP contribution in [0.15, 0.2) is 12.1 Å². The van der Waals surface area contributed by atoms with Crippen LogP contribution in [0.5, 0.6) is 0 Å². The number of nitrogen functional groups attached to an aromatic ring is 1. The van der Waals surface area contributed by atoms with Crippen molar-refractivity contribution in [2.75, 3.05) is 18.8 Å². The zero-order chi connectivity index (χ0) is 14.3. The molecule has 108 valence electrons. The van der Waals surface area contributed by atoms with Gasteiger partial charge < -0.3 is 11.1 Å². The van der Waals surface area contributed by atoms with Gasteiger partial charge in [-0.05, 0) is 50.4 Å². The number of hydrogen-bond acceptors (Lipinski definition) is 3. The van der Waals surface area contributed by atoms with Gasteiger partial charge in [-0.15, -0.1) is 0 Å². The Morgan fingerprint density at radius 2 is 2.20 bits per heavy atom. The predicted molar refractivity (Wildman–Crippen MR) is 76.0 cm³/mol. The second-order valence-corrected chi connectivity index (χ2v) is 5.81. The number of carbonyl (C=O) groups excluding carboxylic acids is 1. The van der Waals surface area contributed by atoms with E-state index in [1.165, 1.54) is 12.5 Å². The third-order valence-electron chi connectivity index (χ3n) is 4.44. The van der Waals surface area contributed by atoms with E-state index in [0.717, 1.165) is 25.9 Å². The van der Waals surface area contributed by atoms with E-state index < -0.39 is 5.82 Å². The number of amides is 1. The maximum Gasteiger partial charge on any atom is 0.254 e. The summed E-state index contributed by atoms with van der Waals surface area (Å²) in [5, 5.41) is 2.99. The van der Waals surface area contributed by atoms with Crippen LogP contribution in [-0.2, 0) is 0 Å². The lowest BCUT2D eigenvalue weighted by Crippen LogP contribution is -2.42. The minimum Gasteiger partial charge on any atom is -0.399 e. The molecule has 2 aliphatic rings. The highest BCUT2D eigenvalue weighted by molar-refractivity contribution is 5.95. The number of aryl methyl sites for hydroxylation is 1. The van der Waals surface area contributed by atoms with Crippen LogP contribution in [0.1, 0.15) is 35.2 Å². The van der Waals surface area contributed by atoms with Gasteiger partial charge in [0, 0.05) is 24.3 Å². The molecule has 4 nitrogen and oxygen atoms in total. The second-order valence-electron chi connectivity index (χ2n) is 5.81. The van der Waals surface area contributed by atoms with E-state index in [1.54, 1.807) is 13.0 Å². The lowest BCUT2D eigenvalue weighted by atomic mass is 10.0. The summed E-state index contributed by atoms with van der Waals surface area (Å²) in [5.74, 6) is -0.824. The Morgan fingerprint density at radius 3 is 3.00 bits per heavy atom. The average molecular weight is 277 g/mol. The van der Waals surface area contributed by atoms with Crippen molar-refractivity contribution in [2.24, 2.45) is 0 Å². The average Bonchev–Trinajstić information content (AvgIpc) is 2.98. The third-order valence-corrected chi connectivity index (χ3v) is 4.44. The Labute approximate surface area is 118 Å². The molecule has 2 fully saturated rings. The maximum absolute atomic E-state index is 14.0. The number of anilines is 1. The molecule has 1 aromatic rings. The van der Waals surface area contributed by atoms with E-state index in [2.05, 4.69) is 10.2 Å². The minimum atomic E-state index is -0.474. The molecule has 2 unspecified atom stereocenters. The molecular formula is C15H20FN3O. The molecule has 2 atom stereocenters. The van der Waals surface area contributed by atoms with Crippen molar-refractivity contribution >= 4 is 11.6 Å². The number of carbonyl (C=O) groups is 1. The van der Waals surface area contributed by atoms with Gasteiger partial charge in [0.05, 0.1) is 5.56 Å². The Bertz CT molecular complexity index is 546. The topological polar surface area (TPSA) is 58.4 Å². The second kappa shape index (κ2) is 5.05. The molecule has 1 amide bonds. The zero-order valence-corrected chi connectivity index (χ0v) is 11.7. The van der Waals surface area contributed by atoms with Crippen molar-refractivity contribution in [3.05, 3.63) is 29.1 Å². The van der Waals surface area contributed by atoms with Gasteiger partial charge in [-0.1, -0.05) is 0 Å². The molecule has 0 bridgehead atoms. The molecule has 0 radical (unpaired) electrons. The first kappa shape index (κ1) is 13.4. The fraction of sp³-hybridized carbons (Fsp3) is 0.533. The molecular weight excluding hydrogens is 257 g/mol. The molecule has 5 heteroatoms. The van der Waals surface area contributed by atoms with Crippen molar-refractivity contribution in [1.29, 1.82) is 0 Å². The van der Waals surface area contributed by atoms with Crippen molar-refractivity contribution in [1.82, 2.24) is 10.2 Å². The molecule has 1 aromatic carbocycles. The number of nitrogens with one attached hydrogen (secondary N) is 1. The summed E-state index contributed by atoms with van der Waals surface area (Å²) in [6, 6.07) is 3.51. The number of nitrogens with zero attached hydrogens (tertiary/aromatic N) is 1. The van der Waals surface area contributed by atoms with Crippen molar-refractivity contribution in [2.45, 2.75) is 38.3 Å². The van der Waals surface area contributed by atoms with Crippen LogP contribution >= 0.6 is 0 Å².